The maximum Gasteiger partial charge on any atom is 0.150 e. The summed E-state index contributed by atoms with van der Waals surface area (Å²) >= 11 is 0. The van der Waals surface area contributed by atoms with Gasteiger partial charge in [-0.15, -0.1) is 0 Å². The van der Waals surface area contributed by atoms with Crippen molar-refractivity contribution in [1.29, 1.82) is 0 Å². The van der Waals surface area contributed by atoms with Crippen LogP contribution in [-0.4, -0.2) is 39.7 Å². The molecule has 0 unspecified atom stereocenters. The highest BCUT2D eigenvalue weighted by atomic mass is 32.2. The van der Waals surface area contributed by atoms with Crippen LogP contribution in [0.25, 0.3) is 0 Å². The predicted octanol–water partition coefficient (Wildman–Crippen LogP) is 4.84. The van der Waals surface area contributed by atoms with Crippen molar-refractivity contribution in [2.24, 2.45) is 11.3 Å². The van der Waals surface area contributed by atoms with Gasteiger partial charge in [-0.2, -0.15) is 0 Å². The van der Waals surface area contributed by atoms with Gasteiger partial charge in [0, 0.05) is 6.61 Å². The van der Waals surface area contributed by atoms with Gasteiger partial charge in [-0.25, -0.2) is 8.42 Å². The number of benzene rings is 1. The summed E-state index contributed by atoms with van der Waals surface area (Å²) in [5.74, 6) is 1.99. The number of hydrogen-bond donors (Lipinski definition) is 0. The minimum Gasteiger partial charge on any atom is -0.494 e. The van der Waals surface area contributed by atoms with Crippen LogP contribution >= 0.6 is 0 Å². The van der Waals surface area contributed by atoms with Gasteiger partial charge >= 0.3 is 0 Å². The van der Waals surface area contributed by atoms with Crippen LogP contribution in [0.15, 0.2) is 24.3 Å². The molecule has 0 aliphatic heterocycles. The van der Waals surface area contributed by atoms with Crippen molar-refractivity contribution in [2.75, 3.05) is 31.3 Å². The van der Waals surface area contributed by atoms with Gasteiger partial charge in [0.25, 0.3) is 0 Å². The van der Waals surface area contributed by atoms with Crippen LogP contribution in [0.4, 0.5) is 0 Å². The zero-order chi connectivity index (χ0) is 19.9. The maximum absolute atomic E-state index is 12.4. The van der Waals surface area contributed by atoms with E-state index in [1.54, 1.807) is 0 Å². The van der Waals surface area contributed by atoms with E-state index in [9.17, 15) is 8.42 Å². The van der Waals surface area contributed by atoms with Crippen molar-refractivity contribution in [3.8, 4) is 5.75 Å². The van der Waals surface area contributed by atoms with Crippen LogP contribution in [-0.2, 0) is 14.6 Å². The molecule has 0 saturated heterocycles. The standard InChI is InChI=1S/C22H36O4S/c1-18(16-27(23,24)14-6-12-25-17-22(2,3)4)20-7-5-8-21(15-20)26-13-11-19-9-10-19/h5,7-8,15,18-19H,6,9-14,16-17H2,1-4H3/t18-/m0/s1. The minimum absolute atomic E-state index is 0.0440. The third-order valence-corrected chi connectivity index (χ3v) is 6.62. The Morgan fingerprint density at radius 1 is 1.19 bits per heavy atom. The number of hydrogen-bond acceptors (Lipinski definition) is 4. The molecule has 27 heavy (non-hydrogen) atoms. The van der Waals surface area contributed by atoms with E-state index >= 15 is 0 Å². The molecule has 0 aromatic heterocycles. The fourth-order valence-corrected chi connectivity index (χ4v) is 4.66. The summed E-state index contributed by atoms with van der Waals surface area (Å²) in [5, 5.41) is 0. The monoisotopic (exact) mass is 396 g/mol. The molecule has 1 fully saturated rings. The molecule has 5 heteroatoms. The molecule has 0 heterocycles. The Kier molecular flexibility index (Phi) is 8.17. The Morgan fingerprint density at radius 3 is 2.59 bits per heavy atom. The van der Waals surface area contributed by atoms with E-state index in [1.807, 2.05) is 31.2 Å². The summed E-state index contributed by atoms with van der Waals surface area (Å²) in [7, 11) is -3.10. The first kappa shape index (κ1) is 22.2. The Morgan fingerprint density at radius 2 is 1.93 bits per heavy atom. The van der Waals surface area contributed by atoms with Crippen LogP contribution < -0.4 is 4.74 Å². The molecule has 1 aromatic carbocycles. The fourth-order valence-electron chi connectivity index (χ4n) is 2.98. The lowest BCUT2D eigenvalue weighted by Gasteiger charge is -2.18. The predicted molar refractivity (Wildman–Crippen MR) is 111 cm³/mol. The molecular formula is C22H36O4S. The summed E-state index contributed by atoms with van der Waals surface area (Å²) < 4.78 is 36.3. The van der Waals surface area contributed by atoms with E-state index in [2.05, 4.69) is 20.8 Å². The van der Waals surface area contributed by atoms with E-state index in [0.29, 0.717) is 19.6 Å². The highest BCUT2D eigenvalue weighted by molar-refractivity contribution is 7.91. The number of ether oxygens (including phenoxy) is 2. The highest BCUT2D eigenvalue weighted by Crippen LogP contribution is 2.32. The van der Waals surface area contributed by atoms with Gasteiger partial charge in [0.05, 0.1) is 24.7 Å². The van der Waals surface area contributed by atoms with E-state index in [4.69, 9.17) is 9.47 Å². The lowest BCUT2D eigenvalue weighted by Crippen LogP contribution is -2.19. The van der Waals surface area contributed by atoms with Gasteiger partial charge in [0.15, 0.2) is 9.84 Å². The average Bonchev–Trinajstić information content (AvgIpc) is 3.37. The third kappa shape index (κ3) is 9.61. The minimum atomic E-state index is -3.10. The van der Waals surface area contributed by atoms with Crippen molar-refractivity contribution >= 4 is 9.84 Å². The summed E-state index contributed by atoms with van der Waals surface area (Å²) in [6, 6.07) is 7.87. The second-order valence-corrected chi connectivity index (χ2v) is 11.4. The first-order valence-electron chi connectivity index (χ1n) is 10.2. The second-order valence-electron chi connectivity index (χ2n) is 9.14. The fraction of sp³-hybridized carbons (Fsp3) is 0.727. The van der Waals surface area contributed by atoms with Gasteiger partial charge in [-0.1, -0.05) is 52.7 Å². The average molecular weight is 397 g/mol. The zero-order valence-corrected chi connectivity index (χ0v) is 18.2. The van der Waals surface area contributed by atoms with Gasteiger partial charge in [0.2, 0.25) is 0 Å². The summed E-state index contributed by atoms with van der Waals surface area (Å²) in [5.41, 5.74) is 1.13. The number of rotatable bonds is 12. The second kappa shape index (κ2) is 9.92. The molecule has 1 aliphatic rings. The molecular weight excluding hydrogens is 360 g/mol. The first-order chi connectivity index (χ1) is 12.6. The van der Waals surface area contributed by atoms with Crippen molar-refractivity contribution in [2.45, 2.75) is 59.3 Å². The number of sulfone groups is 1. The zero-order valence-electron chi connectivity index (χ0n) is 17.4. The molecule has 1 atom stereocenters. The Hall–Kier alpha value is -1.07. The molecule has 0 bridgehead atoms. The lowest BCUT2D eigenvalue weighted by molar-refractivity contribution is 0.0720. The summed E-state index contributed by atoms with van der Waals surface area (Å²) in [4.78, 5) is 0. The summed E-state index contributed by atoms with van der Waals surface area (Å²) in [6.45, 7) is 10.2. The molecule has 0 radical (unpaired) electrons. The highest BCUT2D eigenvalue weighted by Gasteiger charge is 2.21. The molecule has 4 nitrogen and oxygen atoms in total. The Bertz CT molecular complexity index is 672. The molecule has 1 aromatic rings. The SMILES string of the molecule is C[C@@H](CS(=O)(=O)CCCOCC(C)(C)C)c1cccc(OCCC2CC2)c1. The normalized spacial score (nSPS) is 16.3. The lowest BCUT2D eigenvalue weighted by atomic mass is 9.99. The summed E-state index contributed by atoms with van der Waals surface area (Å²) in [6.07, 6.45) is 4.33. The molecule has 1 saturated carbocycles. The van der Waals surface area contributed by atoms with E-state index in [-0.39, 0.29) is 22.8 Å². The van der Waals surface area contributed by atoms with Crippen molar-refractivity contribution in [3.63, 3.8) is 0 Å². The van der Waals surface area contributed by atoms with Crippen molar-refractivity contribution < 1.29 is 17.9 Å². The maximum atomic E-state index is 12.4. The molecule has 2 rings (SSSR count). The quantitative estimate of drug-likeness (QED) is 0.475. The first-order valence-corrected chi connectivity index (χ1v) is 12.0. The van der Waals surface area contributed by atoms with Crippen LogP contribution in [0.3, 0.4) is 0 Å². The Labute approximate surface area is 165 Å². The largest absolute Gasteiger partial charge is 0.494 e. The van der Waals surface area contributed by atoms with E-state index in [1.165, 1.54) is 12.8 Å². The van der Waals surface area contributed by atoms with Crippen molar-refractivity contribution in [3.05, 3.63) is 29.8 Å². The molecule has 0 spiro atoms. The molecule has 0 N–H and O–H groups in total. The van der Waals surface area contributed by atoms with Crippen LogP contribution in [0, 0.1) is 11.3 Å². The smallest absolute Gasteiger partial charge is 0.150 e. The van der Waals surface area contributed by atoms with Crippen LogP contribution in [0.2, 0.25) is 0 Å². The Balaban J connectivity index is 1.75. The topological polar surface area (TPSA) is 52.6 Å². The molecule has 1 aliphatic carbocycles. The van der Waals surface area contributed by atoms with Gasteiger partial charge in [-0.3, -0.25) is 0 Å². The van der Waals surface area contributed by atoms with Gasteiger partial charge < -0.3 is 9.47 Å². The van der Waals surface area contributed by atoms with Crippen LogP contribution in [0.1, 0.15) is 64.9 Å². The van der Waals surface area contributed by atoms with E-state index in [0.717, 1.165) is 30.3 Å². The molecule has 0 amide bonds. The van der Waals surface area contributed by atoms with Gasteiger partial charge in [0.1, 0.15) is 5.75 Å². The van der Waals surface area contributed by atoms with Crippen molar-refractivity contribution in [1.82, 2.24) is 0 Å². The third-order valence-electron chi connectivity index (χ3n) is 4.70. The molecule has 154 valence electrons. The van der Waals surface area contributed by atoms with Gasteiger partial charge in [-0.05, 0) is 47.8 Å². The van der Waals surface area contributed by atoms with E-state index < -0.39 is 9.84 Å². The van der Waals surface area contributed by atoms with Crippen LogP contribution in [0.5, 0.6) is 5.75 Å².